The van der Waals surface area contributed by atoms with E-state index in [0.29, 0.717) is 10.0 Å². The summed E-state index contributed by atoms with van der Waals surface area (Å²) in [5.41, 5.74) is 0. The number of hydrogen-bond acceptors (Lipinski definition) is 2. The van der Waals surface area contributed by atoms with Gasteiger partial charge < -0.3 is 0 Å². The van der Waals surface area contributed by atoms with Crippen molar-refractivity contribution >= 4 is 23.2 Å². The molecule has 0 bridgehead atoms. The van der Waals surface area contributed by atoms with Crippen molar-refractivity contribution < 1.29 is 0 Å². The second-order valence-corrected chi connectivity index (χ2v) is 2.00. The van der Waals surface area contributed by atoms with Crippen molar-refractivity contribution in [1.82, 2.24) is 10.2 Å². The van der Waals surface area contributed by atoms with Crippen LogP contribution in [-0.2, 0) is 0 Å². The summed E-state index contributed by atoms with van der Waals surface area (Å²) in [5, 5.41) is 7.82. The molecule has 1 aromatic heterocycles. The van der Waals surface area contributed by atoms with E-state index in [1.807, 2.05) is 0 Å². The number of rotatable bonds is 0. The molecule has 0 N–H and O–H groups in total. The fraction of sp³-hybridized carbons (Fsp3) is 0. The zero-order valence-electron chi connectivity index (χ0n) is 3.81. The van der Waals surface area contributed by atoms with Crippen LogP contribution in [0.25, 0.3) is 0 Å². The van der Waals surface area contributed by atoms with Gasteiger partial charge in [0.15, 0.2) is 0 Å². The van der Waals surface area contributed by atoms with Crippen LogP contribution in [0.2, 0.25) is 10.0 Å². The number of halogens is 2. The van der Waals surface area contributed by atoms with Crippen molar-refractivity contribution in [3.63, 3.8) is 0 Å². The Bertz CT molecular complexity index is 168. The molecule has 42 valence electrons. The topological polar surface area (TPSA) is 25.8 Å². The standard InChI is InChI=1S/C4H2Cl2N2/c5-3-1-7-8-2-4(3)6/h1-2H. The van der Waals surface area contributed by atoms with Crippen molar-refractivity contribution in [1.29, 1.82) is 0 Å². The molecule has 0 spiro atoms. The zero-order valence-corrected chi connectivity index (χ0v) is 5.32. The molecular weight excluding hydrogens is 147 g/mol. The van der Waals surface area contributed by atoms with Crippen LogP contribution < -0.4 is 0 Å². The number of nitrogens with zero attached hydrogens (tertiary/aromatic N) is 2. The van der Waals surface area contributed by atoms with Crippen LogP contribution in [0.4, 0.5) is 0 Å². The fourth-order valence-electron chi connectivity index (χ4n) is 0.291. The lowest BCUT2D eigenvalue weighted by Gasteiger charge is -1.86. The molecule has 4 heteroatoms. The summed E-state index contributed by atoms with van der Waals surface area (Å²) < 4.78 is 0. The Morgan fingerprint density at radius 1 is 1.00 bits per heavy atom. The maximum atomic E-state index is 5.47. The zero-order chi connectivity index (χ0) is 5.98. The third kappa shape index (κ3) is 1.08. The van der Waals surface area contributed by atoms with Crippen LogP contribution in [-0.4, -0.2) is 10.2 Å². The Morgan fingerprint density at radius 3 is 1.62 bits per heavy atom. The summed E-state index contributed by atoms with van der Waals surface area (Å²) in [6, 6.07) is 0. The van der Waals surface area contributed by atoms with Crippen molar-refractivity contribution in [3.8, 4) is 0 Å². The maximum Gasteiger partial charge on any atom is 0.0810 e. The Hall–Kier alpha value is -0.340. The van der Waals surface area contributed by atoms with Gasteiger partial charge in [-0.3, -0.25) is 0 Å². The van der Waals surface area contributed by atoms with E-state index in [9.17, 15) is 0 Å². The quantitative estimate of drug-likeness (QED) is 0.561. The fourth-order valence-corrected chi connectivity index (χ4v) is 0.476. The molecule has 0 saturated heterocycles. The summed E-state index contributed by atoms with van der Waals surface area (Å²) in [6.45, 7) is 0. The predicted octanol–water partition coefficient (Wildman–Crippen LogP) is 1.78. The first-order chi connectivity index (χ1) is 3.80. The van der Waals surface area contributed by atoms with E-state index in [-0.39, 0.29) is 0 Å². The highest BCUT2D eigenvalue weighted by atomic mass is 35.5. The Labute approximate surface area is 56.4 Å². The molecule has 1 rings (SSSR count). The van der Waals surface area contributed by atoms with E-state index in [4.69, 9.17) is 23.2 Å². The average molecular weight is 149 g/mol. The maximum absolute atomic E-state index is 5.47. The molecule has 0 aliphatic heterocycles. The van der Waals surface area contributed by atoms with E-state index in [0.717, 1.165) is 0 Å². The molecule has 0 aromatic carbocycles. The van der Waals surface area contributed by atoms with Crippen molar-refractivity contribution in [3.05, 3.63) is 22.4 Å². The Balaban J connectivity index is 3.13. The molecule has 0 aliphatic rings. The van der Waals surface area contributed by atoms with Gasteiger partial charge in [0.1, 0.15) is 0 Å². The first-order valence-corrected chi connectivity index (χ1v) is 2.68. The highest BCUT2D eigenvalue weighted by molar-refractivity contribution is 6.41. The second-order valence-electron chi connectivity index (χ2n) is 1.19. The van der Waals surface area contributed by atoms with Gasteiger partial charge >= 0.3 is 0 Å². The SMILES string of the molecule is Clc1cnncc1Cl. The Kier molecular flexibility index (Phi) is 1.65. The molecule has 1 heterocycles. The lowest BCUT2D eigenvalue weighted by atomic mass is 10.6. The van der Waals surface area contributed by atoms with E-state index < -0.39 is 0 Å². The van der Waals surface area contributed by atoms with Gasteiger partial charge in [0.25, 0.3) is 0 Å². The van der Waals surface area contributed by atoms with E-state index in [1.54, 1.807) is 0 Å². The van der Waals surface area contributed by atoms with Gasteiger partial charge in [-0.2, -0.15) is 10.2 Å². The van der Waals surface area contributed by atoms with Crippen LogP contribution in [0.5, 0.6) is 0 Å². The van der Waals surface area contributed by atoms with Gasteiger partial charge in [-0.25, -0.2) is 0 Å². The van der Waals surface area contributed by atoms with Crippen LogP contribution in [0.3, 0.4) is 0 Å². The van der Waals surface area contributed by atoms with Gasteiger partial charge in [-0.05, 0) is 0 Å². The third-order valence-corrected chi connectivity index (χ3v) is 1.34. The van der Waals surface area contributed by atoms with Gasteiger partial charge in [0, 0.05) is 0 Å². The minimum Gasteiger partial charge on any atom is -0.157 e. The largest absolute Gasteiger partial charge is 0.157 e. The normalized spacial score (nSPS) is 9.25. The molecule has 0 aliphatic carbocycles. The predicted molar refractivity (Wildman–Crippen MR) is 32.1 cm³/mol. The lowest BCUT2D eigenvalue weighted by molar-refractivity contribution is 1.03. The second kappa shape index (κ2) is 2.29. The number of aromatic nitrogens is 2. The van der Waals surface area contributed by atoms with Crippen LogP contribution in [0.1, 0.15) is 0 Å². The third-order valence-electron chi connectivity index (χ3n) is 0.637. The Morgan fingerprint density at radius 2 is 1.38 bits per heavy atom. The van der Waals surface area contributed by atoms with Crippen molar-refractivity contribution in [2.24, 2.45) is 0 Å². The minimum absolute atomic E-state index is 0.432. The molecule has 0 unspecified atom stereocenters. The van der Waals surface area contributed by atoms with E-state index in [1.165, 1.54) is 12.4 Å². The minimum atomic E-state index is 0.432. The van der Waals surface area contributed by atoms with Crippen LogP contribution in [0.15, 0.2) is 12.4 Å². The van der Waals surface area contributed by atoms with E-state index in [2.05, 4.69) is 10.2 Å². The lowest BCUT2D eigenvalue weighted by Crippen LogP contribution is -1.76. The van der Waals surface area contributed by atoms with Crippen molar-refractivity contribution in [2.45, 2.75) is 0 Å². The molecule has 1 aromatic rings. The molecule has 2 nitrogen and oxygen atoms in total. The van der Waals surface area contributed by atoms with Crippen molar-refractivity contribution in [2.75, 3.05) is 0 Å². The summed E-state index contributed by atoms with van der Waals surface area (Å²) in [4.78, 5) is 0. The first-order valence-electron chi connectivity index (χ1n) is 1.92. The summed E-state index contributed by atoms with van der Waals surface area (Å²) in [6.07, 6.45) is 2.79. The monoisotopic (exact) mass is 148 g/mol. The summed E-state index contributed by atoms with van der Waals surface area (Å²) in [5.74, 6) is 0. The first kappa shape index (κ1) is 5.79. The molecule has 0 saturated carbocycles. The highest BCUT2D eigenvalue weighted by Crippen LogP contribution is 2.16. The molecule has 0 radical (unpaired) electrons. The summed E-state index contributed by atoms with van der Waals surface area (Å²) >= 11 is 10.9. The summed E-state index contributed by atoms with van der Waals surface area (Å²) in [7, 11) is 0. The van der Waals surface area contributed by atoms with Gasteiger partial charge in [-0.1, -0.05) is 23.2 Å². The number of hydrogen-bond donors (Lipinski definition) is 0. The molecule has 0 amide bonds. The van der Waals surface area contributed by atoms with Crippen LogP contribution in [0, 0.1) is 0 Å². The van der Waals surface area contributed by atoms with Gasteiger partial charge in [0.05, 0.1) is 22.4 Å². The molecular formula is C4H2Cl2N2. The smallest absolute Gasteiger partial charge is 0.0810 e. The average Bonchev–Trinajstić information content (AvgIpc) is 1.77. The van der Waals surface area contributed by atoms with E-state index >= 15 is 0 Å². The molecule has 8 heavy (non-hydrogen) atoms. The van der Waals surface area contributed by atoms with Gasteiger partial charge in [0.2, 0.25) is 0 Å². The van der Waals surface area contributed by atoms with Crippen LogP contribution >= 0.6 is 23.2 Å². The molecule has 0 fully saturated rings. The van der Waals surface area contributed by atoms with Gasteiger partial charge in [-0.15, -0.1) is 0 Å². The molecule has 0 atom stereocenters. The highest BCUT2D eigenvalue weighted by Gasteiger charge is 1.91.